The third-order valence-corrected chi connectivity index (χ3v) is 8.07. The number of halogens is 1. The predicted octanol–water partition coefficient (Wildman–Crippen LogP) is 1.97. The molecule has 1 heterocycles. The Morgan fingerprint density at radius 1 is 1.00 bits per heavy atom. The number of nitrogens with zero attached hydrogens (tertiary/aromatic N) is 1. The van der Waals surface area contributed by atoms with Crippen molar-refractivity contribution in [3.8, 4) is 5.75 Å². The third kappa shape index (κ3) is 4.35. The van der Waals surface area contributed by atoms with E-state index in [2.05, 4.69) is 4.72 Å². The number of hydrogen-bond acceptors (Lipinski definition) is 5. The molecule has 0 aromatic heterocycles. The SMILES string of the molecule is COc1ccc(S(=O)(=O)N2CCC(NS(=O)(=O)c3ccccc3F)CC2)cc1. The summed E-state index contributed by atoms with van der Waals surface area (Å²) in [6.45, 7) is 0.331. The van der Waals surface area contributed by atoms with Gasteiger partial charge in [0.2, 0.25) is 20.0 Å². The first-order chi connectivity index (χ1) is 13.2. The first-order valence-corrected chi connectivity index (χ1v) is 11.6. The second-order valence-electron chi connectivity index (χ2n) is 6.41. The summed E-state index contributed by atoms with van der Waals surface area (Å²) in [6.07, 6.45) is 0.589. The second kappa shape index (κ2) is 8.16. The molecule has 1 N–H and O–H groups in total. The molecule has 152 valence electrons. The lowest BCUT2D eigenvalue weighted by molar-refractivity contribution is 0.308. The first kappa shape index (κ1) is 20.7. The van der Waals surface area contributed by atoms with Crippen LogP contribution in [0.1, 0.15) is 12.8 Å². The zero-order valence-electron chi connectivity index (χ0n) is 15.2. The molecule has 1 aliphatic heterocycles. The number of piperidine rings is 1. The molecule has 2 aromatic carbocycles. The first-order valence-electron chi connectivity index (χ1n) is 8.65. The van der Waals surface area contributed by atoms with Crippen molar-refractivity contribution < 1.29 is 26.0 Å². The number of hydrogen-bond donors (Lipinski definition) is 1. The van der Waals surface area contributed by atoms with Crippen LogP contribution in [0.25, 0.3) is 0 Å². The maximum atomic E-state index is 13.8. The average molecular weight is 429 g/mol. The number of sulfonamides is 2. The quantitative estimate of drug-likeness (QED) is 0.759. The van der Waals surface area contributed by atoms with Gasteiger partial charge in [-0.1, -0.05) is 12.1 Å². The van der Waals surface area contributed by atoms with Crippen molar-refractivity contribution >= 4 is 20.0 Å². The fraction of sp³-hybridized carbons (Fsp3) is 0.333. The molecule has 0 radical (unpaired) electrons. The normalized spacial score (nSPS) is 16.8. The van der Waals surface area contributed by atoms with E-state index < -0.39 is 36.8 Å². The highest BCUT2D eigenvalue weighted by Crippen LogP contribution is 2.24. The second-order valence-corrected chi connectivity index (χ2v) is 10.0. The van der Waals surface area contributed by atoms with Gasteiger partial charge in [-0.25, -0.2) is 25.9 Å². The van der Waals surface area contributed by atoms with E-state index in [-0.39, 0.29) is 18.0 Å². The standard InChI is InChI=1S/C18H21FN2O5S2/c1-26-15-6-8-16(9-7-15)28(24,25)21-12-10-14(11-13-21)20-27(22,23)18-5-3-2-4-17(18)19/h2-9,14,20H,10-13H2,1H3. The van der Waals surface area contributed by atoms with Gasteiger partial charge in [0.05, 0.1) is 12.0 Å². The molecule has 28 heavy (non-hydrogen) atoms. The van der Waals surface area contributed by atoms with E-state index in [4.69, 9.17) is 4.74 Å². The van der Waals surface area contributed by atoms with Crippen LogP contribution in [-0.4, -0.2) is 47.4 Å². The van der Waals surface area contributed by atoms with Gasteiger partial charge in [-0.15, -0.1) is 0 Å². The van der Waals surface area contributed by atoms with Crippen molar-refractivity contribution in [3.63, 3.8) is 0 Å². The van der Waals surface area contributed by atoms with Gasteiger partial charge in [0.25, 0.3) is 0 Å². The Labute approximate surface area is 164 Å². The van der Waals surface area contributed by atoms with Gasteiger partial charge in [0.1, 0.15) is 16.5 Å². The van der Waals surface area contributed by atoms with Crippen LogP contribution in [0.3, 0.4) is 0 Å². The molecule has 0 spiro atoms. The minimum absolute atomic E-state index is 0.152. The van der Waals surface area contributed by atoms with E-state index >= 15 is 0 Å². The van der Waals surface area contributed by atoms with Gasteiger partial charge < -0.3 is 4.74 Å². The van der Waals surface area contributed by atoms with Crippen LogP contribution in [-0.2, 0) is 20.0 Å². The maximum Gasteiger partial charge on any atom is 0.243 e. The van der Waals surface area contributed by atoms with E-state index in [1.54, 1.807) is 12.1 Å². The van der Waals surface area contributed by atoms with Gasteiger partial charge in [-0.05, 0) is 49.2 Å². The van der Waals surface area contributed by atoms with Crippen molar-refractivity contribution in [3.05, 3.63) is 54.3 Å². The van der Waals surface area contributed by atoms with E-state index in [9.17, 15) is 21.2 Å². The molecular formula is C18H21FN2O5S2. The minimum atomic E-state index is -4.01. The van der Waals surface area contributed by atoms with Crippen LogP contribution < -0.4 is 9.46 Å². The number of benzene rings is 2. The molecule has 0 amide bonds. The van der Waals surface area contributed by atoms with Crippen LogP contribution in [0.5, 0.6) is 5.75 Å². The number of nitrogens with one attached hydrogen (secondary N) is 1. The number of rotatable bonds is 6. The topological polar surface area (TPSA) is 92.8 Å². The summed E-state index contributed by atoms with van der Waals surface area (Å²) >= 11 is 0. The summed E-state index contributed by atoms with van der Waals surface area (Å²) in [6, 6.07) is 10.8. The molecule has 1 saturated heterocycles. The molecule has 7 nitrogen and oxygen atoms in total. The number of methoxy groups -OCH3 is 1. The molecule has 1 fully saturated rings. The molecule has 2 aromatic rings. The summed E-state index contributed by atoms with van der Waals surface area (Å²) < 4.78 is 72.9. The minimum Gasteiger partial charge on any atom is -0.497 e. The highest BCUT2D eigenvalue weighted by molar-refractivity contribution is 7.89. The van der Waals surface area contributed by atoms with Gasteiger partial charge in [0, 0.05) is 19.1 Å². The Morgan fingerprint density at radius 3 is 2.18 bits per heavy atom. The van der Waals surface area contributed by atoms with Crippen molar-refractivity contribution in [2.24, 2.45) is 0 Å². The van der Waals surface area contributed by atoms with Crippen LogP contribution in [0.4, 0.5) is 4.39 Å². The Bertz CT molecular complexity index is 1030. The largest absolute Gasteiger partial charge is 0.497 e. The molecule has 0 saturated carbocycles. The fourth-order valence-corrected chi connectivity index (χ4v) is 5.91. The molecule has 10 heteroatoms. The molecule has 3 rings (SSSR count). The highest BCUT2D eigenvalue weighted by atomic mass is 32.2. The van der Waals surface area contributed by atoms with Crippen LogP contribution in [0, 0.1) is 5.82 Å². The van der Waals surface area contributed by atoms with Crippen molar-refractivity contribution in [1.82, 2.24) is 9.03 Å². The molecule has 0 aliphatic carbocycles. The van der Waals surface area contributed by atoms with E-state index in [1.807, 2.05) is 0 Å². The van der Waals surface area contributed by atoms with Crippen molar-refractivity contribution in [1.29, 1.82) is 0 Å². The van der Waals surface area contributed by atoms with Gasteiger partial charge in [-0.2, -0.15) is 4.31 Å². The van der Waals surface area contributed by atoms with Crippen LogP contribution in [0.2, 0.25) is 0 Å². The Balaban J connectivity index is 1.66. The number of ether oxygens (including phenoxy) is 1. The molecule has 0 bridgehead atoms. The molecule has 1 aliphatic rings. The average Bonchev–Trinajstić information content (AvgIpc) is 2.68. The highest BCUT2D eigenvalue weighted by Gasteiger charge is 2.31. The van der Waals surface area contributed by atoms with Crippen LogP contribution in [0.15, 0.2) is 58.3 Å². The Morgan fingerprint density at radius 2 is 1.61 bits per heavy atom. The summed E-state index contributed by atoms with van der Waals surface area (Å²) in [5.41, 5.74) is 0. The molecule has 0 atom stereocenters. The Hall–Kier alpha value is -2.01. The summed E-state index contributed by atoms with van der Waals surface area (Å²) in [5.74, 6) is -0.269. The smallest absolute Gasteiger partial charge is 0.243 e. The van der Waals surface area contributed by atoms with E-state index in [0.717, 1.165) is 6.07 Å². The summed E-state index contributed by atoms with van der Waals surface area (Å²) in [7, 11) is -6.19. The van der Waals surface area contributed by atoms with Gasteiger partial charge in [0.15, 0.2) is 0 Å². The van der Waals surface area contributed by atoms with E-state index in [1.165, 1.54) is 41.7 Å². The lowest BCUT2D eigenvalue weighted by Gasteiger charge is -2.31. The zero-order chi connectivity index (χ0) is 20.4. The van der Waals surface area contributed by atoms with Crippen molar-refractivity contribution in [2.45, 2.75) is 28.7 Å². The maximum absolute atomic E-state index is 13.8. The van der Waals surface area contributed by atoms with E-state index in [0.29, 0.717) is 18.6 Å². The summed E-state index contributed by atoms with van der Waals surface area (Å²) in [4.78, 5) is -0.262. The van der Waals surface area contributed by atoms with Crippen LogP contribution >= 0.6 is 0 Å². The van der Waals surface area contributed by atoms with Crippen molar-refractivity contribution in [2.75, 3.05) is 20.2 Å². The summed E-state index contributed by atoms with van der Waals surface area (Å²) in [5, 5.41) is 0. The monoisotopic (exact) mass is 428 g/mol. The predicted molar refractivity (Wildman–Crippen MR) is 101 cm³/mol. The molecule has 0 unspecified atom stereocenters. The Kier molecular flexibility index (Phi) is 6.04. The lowest BCUT2D eigenvalue weighted by atomic mass is 10.1. The molecular weight excluding hydrogens is 407 g/mol. The zero-order valence-corrected chi connectivity index (χ0v) is 16.8. The van der Waals surface area contributed by atoms with Gasteiger partial charge in [-0.3, -0.25) is 0 Å². The van der Waals surface area contributed by atoms with Gasteiger partial charge >= 0.3 is 0 Å². The fourth-order valence-electron chi connectivity index (χ4n) is 3.06. The lowest BCUT2D eigenvalue weighted by Crippen LogP contribution is -2.46. The third-order valence-electron chi connectivity index (χ3n) is 4.60.